The molecule has 0 saturated heterocycles. The molecule has 0 aromatic rings. The maximum atomic E-state index is 5.98. The van der Waals surface area contributed by atoms with E-state index in [1.165, 1.54) is 17.6 Å². The summed E-state index contributed by atoms with van der Waals surface area (Å²) in [5, 5.41) is 1.05. The van der Waals surface area contributed by atoms with Crippen LogP contribution in [-0.4, -0.2) is 0 Å². The topological polar surface area (TPSA) is 0 Å². The summed E-state index contributed by atoms with van der Waals surface area (Å²) in [6.07, 6.45) is 5.52. The molecule has 0 fully saturated rings. The van der Waals surface area contributed by atoms with Crippen LogP contribution in [0.15, 0.2) is 22.3 Å². The van der Waals surface area contributed by atoms with Crippen LogP contribution in [0, 0.1) is 0 Å². The first kappa shape index (κ1) is 7.87. The lowest BCUT2D eigenvalue weighted by molar-refractivity contribution is 0.837. The standard InChI is InChI=1S/C9H13Cl/c1-3-8-5-4-7(2)9(10)6-8/h3H,4-6H2,1-2H3. The lowest BCUT2D eigenvalue weighted by Crippen LogP contribution is -1.95. The molecule has 0 N–H and O–H groups in total. The third-order valence-corrected chi connectivity index (χ3v) is 2.53. The third kappa shape index (κ3) is 1.63. The molecule has 0 spiro atoms. The molecule has 1 aliphatic carbocycles. The lowest BCUT2D eigenvalue weighted by atomic mass is 9.95. The Kier molecular flexibility index (Phi) is 2.56. The second-order valence-electron chi connectivity index (χ2n) is 2.81. The summed E-state index contributed by atoms with van der Waals surface area (Å²) >= 11 is 5.98. The molecular weight excluding hydrogens is 144 g/mol. The molecule has 0 aromatic carbocycles. The largest absolute Gasteiger partial charge is 0.0889 e. The predicted molar refractivity (Wildman–Crippen MR) is 46.2 cm³/mol. The Labute approximate surface area is 67.6 Å². The Morgan fingerprint density at radius 1 is 1.40 bits per heavy atom. The van der Waals surface area contributed by atoms with Crippen LogP contribution in [0.3, 0.4) is 0 Å². The molecule has 0 unspecified atom stereocenters. The first-order valence-electron chi connectivity index (χ1n) is 3.72. The van der Waals surface area contributed by atoms with Crippen molar-refractivity contribution in [2.75, 3.05) is 0 Å². The fourth-order valence-electron chi connectivity index (χ4n) is 1.17. The van der Waals surface area contributed by atoms with Crippen LogP contribution in [0.4, 0.5) is 0 Å². The number of allylic oxidation sites excluding steroid dienone is 4. The van der Waals surface area contributed by atoms with Gasteiger partial charge < -0.3 is 0 Å². The van der Waals surface area contributed by atoms with Gasteiger partial charge in [-0.2, -0.15) is 0 Å². The van der Waals surface area contributed by atoms with Gasteiger partial charge in [-0.15, -0.1) is 0 Å². The fraction of sp³-hybridized carbons (Fsp3) is 0.556. The SMILES string of the molecule is CC=C1CCC(C)=C(Cl)C1. The lowest BCUT2D eigenvalue weighted by Gasteiger charge is -2.15. The van der Waals surface area contributed by atoms with Gasteiger partial charge in [0.05, 0.1) is 0 Å². The van der Waals surface area contributed by atoms with E-state index in [1.54, 1.807) is 0 Å². The van der Waals surface area contributed by atoms with Gasteiger partial charge in [0, 0.05) is 11.5 Å². The van der Waals surface area contributed by atoms with Gasteiger partial charge in [-0.3, -0.25) is 0 Å². The summed E-state index contributed by atoms with van der Waals surface area (Å²) in [6, 6.07) is 0. The molecule has 0 saturated carbocycles. The van der Waals surface area contributed by atoms with E-state index in [-0.39, 0.29) is 0 Å². The summed E-state index contributed by atoms with van der Waals surface area (Å²) in [4.78, 5) is 0. The Hall–Kier alpha value is -0.230. The highest BCUT2D eigenvalue weighted by Crippen LogP contribution is 2.30. The number of hydrogen-bond acceptors (Lipinski definition) is 0. The van der Waals surface area contributed by atoms with Crippen molar-refractivity contribution in [1.29, 1.82) is 0 Å². The Morgan fingerprint density at radius 2 is 2.10 bits per heavy atom. The summed E-state index contributed by atoms with van der Waals surface area (Å²) in [7, 11) is 0. The van der Waals surface area contributed by atoms with Gasteiger partial charge in [0.25, 0.3) is 0 Å². The van der Waals surface area contributed by atoms with Crippen LogP contribution in [-0.2, 0) is 0 Å². The zero-order valence-electron chi connectivity index (χ0n) is 6.58. The van der Waals surface area contributed by atoms with Gasteiger partial charge in [0.15, 0.2) is 0 Å². The summed E-state index contributed by atoms with van der Waals surface area (Å²) < 4.78 is 0. The Morgan fingerprint density at radius 3 is 2.60 bits per heavy atom. The Balaban J connectivity index is 2.72. The minimum absolute atomic E-state index is 0.990. The predicted octanol–water partition coefficient (Wildman–Crippen LogP) is 3.63. The van der Waals surface area contributed by atoms with Crippen LogP contribution in [0.25, 0.3) is 0 Å². The molecule has 0 aromatic heterocycles. The molecule has 0 bridgehead atoms. The van der Waals surface area contributed by atoms with Gasteiger partial charge in [0.2, 0.25) is 0 Å². The van der Waals surface area contributed by atoms with E-state index in [2.05, 4.69) is 19.9 Å². The quantitative estimate of drug-likeness (QED) is 0.470. The number of rotatable bonds is 0. The number of halogens is 1. The van der Waals surface area contributed by atoms with Crippen molar-refractivity contribution in [1.82, 2.24) is 0 Å². The van der Waals surface area contributed by atoms with Crippen LogP contribution in [0.1, 0.15) is 33.1 Å². The van der Waals surface area contributed by atoms with Gasteiger partial charge >= 0.3 is 0 Å². The molecule has 0 aliphatic heterocycles. The smallest absolute Gasteiger partial charge is 0.0210 e. The maximum absolute atomic E-state index is 5.98. The van der Waals surface area contributed by atoms with E-state index >= 15 is 0 Å². The molecule has 1 aliphatic rings. The molecule has 0 atom stereocenters. The molecule has 10 heavy (non-hydrogen) atoms. The van der Waals surface area contributed by atoms with Gasteiger partial charge in [-0.1, -0.05) is 28.8 Å². The molecule has 56 valence electrons. The second-order valence-corrected chi connectivity index (χ2v) is 3.27. The van der Waals surface area contributed by atoms with Crippen LogP contribution < -0.4 is 0 Å². The Bertz CT molecular complexity index is 187. The number of hydrogen-bond donors (Lipinski definition) is 0. The zero-order chi connectivity index (χ0) is 7.56. The van der Waals surface area contributed by atoms with E-state index in [0.717, 1.165) is 17.9 Å². The van der Waals surface area contributed by atoms with Crippen LogP contribution in [0.2, 0.25) is 0 Å². The molecule has 0 amide bonds. The first-order chi connectivity index (χ1) is 4.74. The van der Waals surface area contributed by atoms with E-state index < -0.39 is 0 Å². The van der Waals surface area contributed by atoms with Crippen molar-refractivity contribution in [3.8, 4) is 0 Å². The van der Waals surface area contributed by atoms with E-state index in [0.29, 0.717) is 0 Å². The van der Waals surface area contributed by atoms with E-state index in [9.17, 15) is 0 Å². The van der Waals surface area contributed by atoms with Crippen LogP contribution >= 0.6 is 11.6 Å². The average Bonchev–Trinajstić information content (AvgIpc) is 1.95. The zero-order valence-corrected chi connectivity index (χ0v) is 7.33. The monoisotopic (exact) mass is 156 g/mol. The van der Waals surface area contributed by atoms with Crippen molar-refractivity contribution < 1.29 is 0 Å². The van der Waals surface area contributed by atoms with Crippen molar-refractivity contribution in [2.24, 2.45) is 0 Å². The highest BCUT2D eigenvalue weighted by molar-refractivity contribution is 6.30. The minimum atomic E-state index is 0.990. The van der Waals surface area contributed by atoms with E-state index in [4.69, 9.17) is 11.6 Å². The van der Waals surface area contributed by atoms with Gasteiger partial charge in [-0.05, 0) is 26.7 Å². The van der Waals surface area contributed by atoms with Crippen molar-refractivity contribution >= 4 is 11.6 Å². The molecule has 1 rings (SSSR count). The normalized spacial score (nSPS) is 24.1. The van der Waals surface area contributed by atoms with Crippen molar-refractivity contribution in [3.63, 3.8) is 0 Å². The first-order valence-corrected chi connectivity index (χ1v) is 4.10. The molecule has 0 radical (unpaired) electrons. The third-order valence-electron chi connectivity index (χ3n) is 2.07. The minimum Gasteiger partial charge on any atom is -0.0889 e. The van der Waals surface area contributed by atoms with Gasteiger partial charge in [0.1, 0.15) is 0 Å². The molecule has 1 heteroatoms. The van der Waals surface area contributed by atoms with E-state index in [1.807, 2.05) is 0 Å². The highest BCUT2D eigenvalue weighted by atomic mass is 35.5. The summed E-state index contributed by atoms with van der Waals surface area (Å²) in [5.41, 5.74) is 2.85. The average molecular weight is 157 g/mol. The van der Waals surface area contributed by atoms with Crippen molar-refractivity contribution in [2.45, 2.75) is 33.1 Å². The van der Waals surface area contributed by atoms with Crippen LogP contribution in [0.5, 0.6) is 0 Å². The molecule has 0 nitrogen and oxygen atoms in total. The van der Waals surface area contributed by atoms with Crippen molar-refractivity contribution in [3.05, 3.63) is 22.3 Å². The molecular formula is C9H13Cl. The summed E-state index contributed by atoms with van der Waals surface area (Å²) in [5.74, 6) is 0. The second kappa shape index (κ2) is 3.25. The molecule has 0 heterocycles. The summed E-state index contributed by atoms with van der Waals surface area (Å²) in [6.45, 7) is 4.20. The van der Waals surface area contributed by atoms with Gasteiger partial charge in [-0.25, -0.2) is 0 Å². The highest BCUT2D eigenvalue weighted by Gasteiger charge is 2.09. The fourth-order valence-corrected chi connectivity index (χ4v) is 1.43. The maximum Gasteiger partial charge on any atom is 0.0210 e.